The van der Waals surface area contributed by atoms with Gasteiger partial charge < -0.3 is 4.90 Å². The number of nitrogens with zero attached hydrogens (tertiary/aromatic N) is 1. The molecule has 0 aliphatic carbocycles. The molecule has 0 radical (unpaired) electrons. The maximum Gasteiger partial charge on any atom is 0.222 e. The van der Waals surface area contributed by atoms with E-state index in [2.05, 4.69) is 15.9 Å². The van der Waals surface area contributed by atoms with E-state index >= 15 is 0 Å². The second kappa shape index (κ2) is 8.48. The van der Waals surface area contributed by atoms with Gasteiger partial charge in [0, 0.05) is 35.1 Å². The first-order valence-corrected chi connectivity index (χ1v) is 8.53. The quantitative estimate of drug-likeness (QED) is 0.760. The molecule has 1 atom stereocenters. The zero-order valence-electron chi connectivity index (χ0n) is 11.4. The second-order valence-electron chi connectivity index (χ2n) is 4.42. The number of carbonyl (C=O) groups excluding carboxylic acids is 1. The number of benzene rings is 1. The van der Waals surface area contributed by atoms with Crippen LogP contribution in [0, 0.1) is 0 Å². The normalized spacial score (nSPS) is 12.2. The van der Waals surface area contributed by atoms with E-state index in [0.717, 1.165) is 22.3 Å². The predicted molar refractivity (Wildman–Crippen MR) is 82.6 cm³/mol. The van der Waals surface area contributed by atoms with E-state index in [1.54, 1.807) is 4.90 Å². The molecule has 0 saturated heterocycles. The van der Waals surface area contributed by atoms with Crippen molar-refractivity contribution in [1.29, 1.82) is 0 Å². The van der Waals surface area contributed by atoms with E-state index in [-0.39, 0.29) is 5.91 Å². The maximum atomic E-state index is 12.0. The van der Waals surface area contributed by atoms with Crippen molar-refractivity contribution in [2.45, 2.75) is 31.1 Å². The van der Waals surface area contributed by atoms with Gasteiger partial charge in [0.15, 0.2) is 0 Å². The average molecular weight is 346 g/mol. The van der Waals surface area contributed by atoms with E-state index in [0.29, 0.717) is 18.6 Å². The highest BCUT2D eigenvalue weighted by Gasteiger charge is 2.09. The Kier molecular flexibility index (Phi) is 7.31. The molecule has 0 fully saturated rings. The molecular weight excluding hydrogens is 326 g/mol. The first-order chi connectivity index (χ1) is 9.04. The van der Waals surface area contributed by atoms with Crippen molar-refractivity contribution >= 4 is 32.6 Å². The monoisotopic (exact) mass is 345 g/mol. The van der Waals surface area contributed by atoms with Crippen LogP contribution in [0.2, 0.25) is 0 Å². The van der Waals surface area contributed by atoms with Crippen molar-refractivity contribution in [3.8, 4) is 0 Å². The number of hydrogen-bond donors (Lipinski definition) is 0. The van der Waals surface area contributed by atoms with Crippen LogP contribution in [-0.4, -0.2) is 34.4 Å². The van der Waals surface area contributed by atoms with Crippen LogP contribution in [-0.2, 0) is 15.6 Å². The van der Waals surface area contributed by atoms with Gasteiger partial charge in [0.05, 0.1) is 10.8 Å². The molecule has 1 aromatic carbocycles. The highest BCUT2D eigenvalue weighted by atomic mass is 79.9. The number of rotatable bonds is 7. The van der Waals surface area contributed by atoms with Crippen LogP contribution in [0.5, 0.6) is 0 Å². The molecule has 19 heavy (non-hydrogen) atoms. The molecular formula is C14H20BrNO2S. The Morgan fingerprint density at radius 3 is 2.53 bits per heavy atom. The first-order valence-electron chi connectivity index (χ1n) is 6.42. The van der Waals surface area contributed by atoms with Crippen molar-refractivity contribution in [1.82, 2.24) is 4.90 Å². The van der Waals surface area contributed by atoms with Crippen LogP contribution < -0.4 is 0 Å². The lowest BCUT2D eigenvalue weighted by Gasteiger charge is -2.15. The van der Waals surface area contributed by atoms with E-state index in [1.807, 2.05) is 38.2 Å². The molecule has 0 spiro atoms. The Bertz CT molecular complexity index is 434. The smallest absolute Gasteiger partial charge is 0.222 e. The Hall–Kier alpha value is -0.680. The van der Waals surface area contributed by atoms with Gasteiger partial charge in [-0.3, -0.25) is 9.00 Å². The highest BCUT2D eigenvalue weighted by Crippen LogP contribution is 2.14. The van der Waals surface area contributed by atoms with Crippen LogP contribution >= 0.6 is 15.9 Å². The Balaban J connectivity index is 2.35. The lowest BCUT2D eigenvalue weighted by molar-refractivity contribution is -0.129. The molecule has 3 nitrogen and oxygen atoms in total. The first kappa shape index (κ1) is 16.4. The second-order valence-corrected chi connectivity index (χ2v) is 6.91. The fourth-order valence-corrected chi connectivity index (χ4v) is 3.06. The van der Waals surface area contributed by atoms with Crippen molar-refractivity contribution in [3.63, 3.8) is 0 Å². The summed E-state index contributed by atoms with van der Waals surface area (Å²) in [6, 6.07) is 7.47. The molecule has 0 heterocycles. The van der Waals surface area contributed by atoms with Gasteiger partial charge in [-0.1, -0.05) is 22.9 Å². The van der Waals surface area contributed by atoms with E-state index < -0.39 is 10.8 Å². The molecule has 0 aliphatic rings. The van der Waals surface area contributed by atoms with Crippen molar-refractivity contribution < 1.29 is 9.00 Å². The van der Waals surface area contributed by atoms with Crippen molar-refractivity contribution in [3.05, 3.63) is 28.7 Å². The van der Waals surface area contributed by atoms with Gasteiger partial charge in [-0.25, -0.2) is 0 Å². The van der Waals surface area contributed by atoms with Gasteiger partial charge in [0.25, 0.3) is 0 Å². The van der Waals surface area contributed by atoms with Gasteiger partial charge >= 0.3 is 0 Å². The summed E-state index contributed by atoms with van der Waals surface area (Å²) in [4.78, 5) is 14.3. The molecule has 1 rings (SSSR count). The minimum absolute atomic E-state index is 0.134. The SMILES string of the molecule is CCCN(C)C(=O)CCC[S@@](=O)c1ccc(Br)cc1. The summed E-state index contributed by atoms with van der Waals surface area (Å²) in [6.07, 6.45) is 2.10. The molecule has 0 unspecified atom stereocenters. The van der Waals surface area contributed by atoms with Gasteiger partial charge in [0.2, 0.25) is 5.91 Å². The molecule has 0 bridgehead atoms. The Morgan fingerprint density at radius 1 is 1.32 bits per heavy atom. The minimum Gasteiger partial charge on any atom is -0.346 e. The van der Waals surface area contributed by atoms with E-state index in [4.69, 9.17) is 0 Å². The van der Waals surface area contributed by atoms with E-state index in [1.165, 1.54) is 0 Å². The topological polar surface area (TPSA) is 37.4 Å². The lowest BCUT2D eigenvalue weighted by Crippen LogP contribution is -2.27. The van der Waals surface area contributed by atoms with E-state index in [9.17, 15) is 9.00 Å². The van der Waals surface area contributed by atoms with Crippen molar-refractivity contribution in [2.24, 2.45) is 0 Å². The summed E-state index contributed by atoms with van der Waals surface area (Å²) >= 11 is 3.35. The molecule has 0 N–H and O–H groups in total. The van der Waals surface area contributed by atoms with Crippen LogP contribution in [0.3, 0.4) is 0 Å². The Labute approximate surface area is 126 Å². The third-order valence-corrected chi connectivity index (χ3v) is 4.77. The molecule has 0 aromatic heterocycles. The van der Waals surface area contributed by atoms with Crippen LogP contribution in [0.4, 0.5) is 0 Å². The third-order valence-electron chi connectivity index (χ3n) is 2.78. The fraction of sp³-hybridized carbons (Fsp3) is 0.500. The molecule has 0 aliphatic heterocycles. The predicted octanol–water partition coefficient (Wildman–Crippen LogP) is 3.21. The zero-order chi connectivity index (χ0) is 14.3. The van der Waals surface area contributed by atoms with Gasteiger partial charge in [-0.15, -0.1) is 0 Å². The summed E-state index contributed by atoms with van der Waals surface area (Å²) < 4.78 is 13.0. The molecule has 106 valence electrons. The molecule has 1 aromatic rings. The van der Waals surface area contributed by atoms with Crippen LogP contribution in [0.25, 0.3) is 0 Å². The molecule has 1 amide bonds. The summed E-state index contributed by atoms with van der Waals surface area (Å²) in [6.45, 7) is 2.83. The summed E-state index contributed by atoms with van der Waals surface area (Å²) in [5, 5.41) is 0. The highest BCUT2D eigenvalue weighted by molar-refractivity contribution is 9.10. The Morgan fingerprint density at radius 2 is 1.95 bits per heavy atom. The largest absolute Gasteiger partial charge is 0.346 e. The lowest BCUT2D eigenvalue weighted by atomic mass is 10.3. The average Bonchev–Trinajstić information content (AvgIpc) is 2.39. The van der Waals surface area contributed by atoms with Gasteiger partial charge in [0.1, 0.15) is 0 Å². The summed E-state index contributed by atoms with van der Waals surface area (Å²) in [7, 11) is 0.800. The minimum atomic E-state index is -1.02. The third kappa shape index (κ3) is 5.87. The number of hydrogen-bond acceptors (Lipinski definition) is 2. The molecule has 5 heteroatoms. The fourth-order valence-electron chi connectivity index (χ4n) is 1.71. The summed E-state index contributed by atoms with van der Waals surface area (Å²) in [5.41, 5.74) is 0. The van der Waals surface area contributed by atoms with Gasteiger partial charge in [-0.05, 0) is 37.1 Å². The number of amides is 1. The summed E-state index contributed by atoms with van der Waals surface area (Å²) in [5.74, 6) is 0.669. The van der Waals surface area contributed by atoms with Crippen LogP contribution in [0.15, 0.2) is 33.6 Å². The van der Waals surface area contributed by atoms with Crippen molar-refractivity contribution in [2.75, 3.05) is 19.3 Å². The standard InChI is InChI=1S/C14H20BrNO2S/c1-3-10-16(2)14(17)5-4-11-19(18)13-8-6-12(15)7-9-13/h6-9H,3-5,10-11H2,1-2H3/t19-/m1/s1. The van der Waals surface area contributed by atoms with Gasteiger partial charge in [-0.2, -0.15) is 0 Å². The maximum absolute atomic E-state index is 12.0. The van der Waals surface area contributed by atoms with Crippen LogP contribution in [0.1, 0.15) is 26.2 Å². The number of carbonyl (C=O) groups is 1. The zero-order valence-corrected chi connectivity index (χ0v) is 13.8. The number of halogens is 1. The molecule has 0 saturated carbocycles.